The van der Waals surface area contributed by atoms with Crippen molar-refractivity contribution in [1.82, 2.24) is 0 Å². The van der Waals surface area contributed by atoms with Gasteiger partial charge in [-0.3, -0.25) is 0 Å². The van der Waals surface area contributed by atoms with Crippen molar-refractivity contribution in [3.8, 4) is 0 Å². The molecule has 0 saturated heterocycles. The van der Waals surface area contributed by atoms with Crippen LogP contribution in [0.1, 0.15) is 24.0 Å². The molecule has 0 radical (unpaired) electrons. The van der Waals surface area contributed by atoms with Gasteiger partial charge in [0.05, 0.1) is 0 Å². The number of oxime groups is 1. The molecule has 1 atom stereocenters. The van der Waals surface area contributed by atoms with E-state index in [4.69, 9.17) is 4.84 Å². The Bertz CT molecular complexity index is 376. The highest BCUT2D eigenvalue weighted by Gasteiger charge is 2.23. The molecule has 80 valence electrons. The lowest BCUT2D eigenvalue weighted by Crippen LogP contribution is -2.16. The average Bonchev–Trinajstić information content (AvgIpc) is 2.40. The Kier molecular flexibility index (Phi) is 2.99. The highest BCUT2D eigenvalue weighted by molar-refractivity contribution is 6.04. The van der Waals surface area contributed by atoms with Gasteiger partial charge in [0.15, 0.2) is 0 Å². The molecule has 0 N–H and O–H groups in total. The molecule has 2 nitrogen and oxygen atoms in total. The van der Waals surface area contributed by atoms with Gasteiger partial charge >= 0.3 is 0 Å². The van der Waals surface area contributed by atoms with Crippen LogP contribution in [0, 0.1) is 0 Å². The average molecular weight is 207 g/mol. The van der Waals surface area contributed by atoms with E-state index in [9.17, 15) is 4.39 Å². The van der Waals surface area contributed by atoms with E-state index >= 15 is 0 Å². The molecule has 0 aromatic heterocycles. The fraction of sp³-hybridized carbons (Fsp3) is 0.417. The molecule has 0 fully saturated rings. The summed E-state index contributed by atoms with van der Waals surface area (Å²) in [6, 6.07) is 7.81. The highest BCUT2D eigenvalue weighted by atomic mass is 19.1. The minimum Gasteiger partial charge on any atom is -0.399 e. The summed E-state index contributed by atoms with van der Waals surface area (Å²) in [5.41, 5.74) is 2.49. The van der Waals surface area contributed by atoms with Gasteiger partial charge in [-0.1, -0.05) is 29.4 Å². The van der Waals surface area contributed by atoms with E-state index in [1.807, 2.05) is 24.3 Å². The molecule has 15 heavy (non-hydrogen) atoms. The van der Waals surface area contributed by atoms with Crippen LogP contribution in [0.4, 0.5) is 4.39 Å². The smallest absolute Gasteiger partial charge is 0.146 e. The zero-order chi connectivity index (χ0) is 10.7. The molecular formula is C12H14FNO. The molecule has 1 aliphatic rings. The maximum Gasteiger partial charge on any atom is 0.146 e. The number of alkyl halides is 1. The number of fused-ring (bicyclic) bond motifs is 1. The zero-order valence-electron chi connectivity index (χ0n) is 8.74. The first-order valence-electron chi connectivity index (χ1n) is 5.16. The summed E-state index contributed by atoms with van der Waals surface area (Å²) in [6.45, 7) is 0. The van der Waals surface area contributed by atoms with E-state index < -0.39 is 6.17 Å². The summed E-state index contributed by atoms with van der Waals surface area (Å²) in [6.07, 6.45) is 1.30. The Hall–Kier alpha value is -1.38. The molecular weight excluding hydrogens is 193 g/mol. The van der Waals surface area contributed by atoms with Gasteiger partial charge in [-0.05, 0) is 24.8 Å². The molecule has 0 amide bonds. The van der Waals surface area contributed by atoms with Crippen molar-refractivity contribution in [2.45, 2.75) is 25.4 Å². The predicted molar refractivity (Wildman–Crippen MR) is 57.8 cm³/mol. The lowest BCUT2D eigenvalue weighted by Gasteiger charge is -2.09. The first kappa shape index (κ1) is 10.1. The van der Waals surface area contributed by atoms with Crippen molar-refractivity contribution < 1.29 is 9.23 Å². The molecule has 0 aliphatic heterocycles. The second-order valence-electron chi connectivity index (χ2n) is 3.68. The molecule has 2 rings (SSSR count). The number of rotatable bonds is 1. The van der Waals surface area contributed by atoms with Crippen LogP contribution in [-0.2, 0) is 11.3 Å². The minimum absolute atomic E-state index is 0.436. The lowest BCUT2D eigenvalue weighted by molar-refractivity contribution is 0.209. The number of hydrogen-bond donors (Lipinski definition) is 0. The molecule has 0 saturated carbocycles. The van der Waals surface area contributed by atoms with Gasteiger partial charge in [0.25, 0.3) is 0 Å². The van der Waals surface area contributed by atoms with Crippen LogP contribution in [0.15, 0.2) is 29.4 Å². The maximum atomic E-state index is 13.8. The van der Waals surface area contributed by atoms with Crippen LogP contribution in [0.2, 0.25) is 0 Å². The molecule has 0 bridgehead atoms. The van der Waals surface area contributed by atoms with E-state index in [0.717, 1.165) is 24.0 Å². The summed E-state index contributed by atoms with van der Waals surface area (Å²) in [5, 5.41) is 3.81. The predicted octanol–water partition coefficient (Wildman–Crippen LogP) is 2.71. The Labute approximate surface area is 88.7 Å². The fourth-order valence-electron chi connectivity index (χ4n) is 1.97. The summed E-state index contributed by atoms with van der Waals surface area (Å²) in [5.74, 6) is 0. The topological polar surface area (TPSA) is 21.6 Å². The highest BCUT2D eigenvalue weighted by Crippen LogP contribution is 2.23. The van der Waals surface area contributed by atoms with Gasteiger partial charge in [0, 0.05) is 5.56 Å². The van der Waals surface area contributed by atoms with E-state index in [1.54, 1.807) is 0 Å². The molecule has 0 spiro atoms. The van der Waals surface area contributed by atoms with Gasteiger partial charge in [-0.25, -0.2) is 4.39 Å². The summed E-state index contributed by atoms with van der Waals surface area (Å²) in [7, 11) is 1.45. The number of aryl methyl sites for hydroxylation is 1. The van der Waals surface area contributed by atoms with E-state index in [1.165, 1.54) is 7.11 Å². The van der Waals surface area contributed by atoms with E-state index in [0.29, 0.717) is 12.1 Å². The second-order valence-corrected chi connectivity index (χ2v) is 3.68. The van der Waals surface area contributed by atoms with Crippen molar-refractivity contribution >= 4 is 5.71 Å². The fourth-order valence-corrected chi connectivity index (χ4v) is 1.97. The van der Waals surface area contributed by atoms with Crippen molar-refractivity contribution in [2.24, 2.45) is 5.16 Å². The number of hydrogen-bond acceptors (Lipinski definition) is 2. The van der Waals surface area contributed by atoms with Crippen LogP contribution < -0.4 is 0 Å². The minimum atomic E-state index is -1.01. The Morgan fingerprint density at radius 1 is 1.40 bits per heavy atom. The Morgan fingerprint density at radius 3 is 3.00 bits per heavy atom. The van der Waals surface area contributed by atoms with Gasteiger partial charge in [0.2, 0.25) is 0 Å². The zero-order valence-corrected chi connectivity index (χ0v) is 8.74. The Morgan fingerprint density at radius 2 is 2.20 bits per heavy atom. The third kappa shape index (κ3) is 2.01. The Balaban J connectivity index is 2.47. The molecule has 3 heteroatoms. The van der Waals surface area contributed by atoms with Crippen molar-refractivity contribution in [3.05, 3.63) is 35.4 Å². The van der Waals surface area contributed by atoms with Gasteiger partial charge in [-0.2, -0.15) is 0 Å². The molecule has 1 aliphatic carbocycles. The number of nitrogens with zero attached hydrogens (tertiary/aromatic N) is 1. The standard InChI is InChI=1S/C12H14FNO/c1-15-14-12-10-7-3-2-5-9(10)6-4-8-11(12)13/h2-3,5,7,11H,4,6,8H2,1H3/b14-12-. The summed E-state index contributed by atoms with van der Waals surface area (Å²) < 4.78 is 13.8. The number of halogens is 1. The first-order valence-corrected chi connectivity index (χ1v) is 5.16. The summed E-state index contributed by atoms with van der Waals surface area (Å²) in [4.78, 5) is 4.71. The van der Waals surface area contributed by atoms with Crippen LogP contribution >= 0.6 is 0 Å². The van der Waals surface area contributed by atoms with Crippen LogP contribution in [0.25, 0.3) is 0 Å². The van der Waals surface area contributed by atoms with Crippen molar-refractivity contribution in [3.63, 3.8) is 0 Å². The van der Waals surface area contributed by atoms with Gasteiger partial charge in [0.1, 0.15) is 19.0 Å². The molecule has 1 aromatic carbocycles. The third-order valence-corrected chi connectivity index (χ3v) is 2.68. The SMILES string of the molecule is CO/N=C1/c2ccccc2CCCC1F. The first-order chi connectivity index (χ1) is 7.33. The second kappa shape index (κ2) is 4.43. The maximum absolute atomic E-state index is 13.8. The monoisotopic (exact) mass is 207 g/mol. The molecule has 1 aromatic rings. The largest absolute Gasteiger partial charge is 0.399 e. The van der Waals surface area contributed by atoms with Crippen molar-refractivity contribution in [2.75, 3.05) is 7.11 Å². The van der Waals surface area contributed by atoms with Gasteiger partial charge < -0.3 is 4.84 Å². The summed E-state index contributed by atoms with van der Waals surface area (Å²) >= 11 is 0. The van der Waals surface area contributed by atoms with Crippen LogP contribution in [0.3, 0.4) is 0 Å². The quantitative estimate of drug-likeness (QED) is 0.512. The number of benzene rings is 1. The van der Waals surface area contributed by atoms with E-state index in [-0.39, 0.29) is 0 Å². The van der Waals surface area contributed by atoms with Crippen molar-refractivity contribution in [1.29, 1.82) is 0 Å². The molecule has 1 unspecified atom stereocenters. The third-order valence-electron chi connectivity index (χ3n) is 2.68. The molecule has 0 heterocycles. The van der Waals surface area contributed by atoms with Crippen LogP contribution in [-0.4, -0.2) is 19.0 Å². The van der Waals surface area contributed by atoms with Gasteiger partial charge in [-0.15, -0.1) is 0 Å². The van der Waals surface area contributed by atoms with E-state index in [2.05, 4.69) is 5.16 Å². The lowest BCUT2D eigenvalue weighted by atomic mass is 10.0. The van der Waals surface area contributed by atoms with Crippen LogP contribution in [0.5, 0.6) is 0 Å². The normalized spacial score (nSPS) is 23.3.